The Morgan fingerprint density at radius 1 is 0.919 bits per heavy atom. The highest BCUT2D eigenvalue weighted by Crippen LogP contribution is 2.28. The minimum atomic E-state index is 0.637. The van der Waals surface area contributed by atoms with Crippen molar-refractivity contribution in [2.24, 2.45) is 4.99 Å². The Labute approximate surface area is 216 Å². The molecule has 3 heterocycles. The number of anilines is 1. The van der Waals surface area contributed by atoms with Gasteiger partial charge < -0.3 is 14.6 Å². The van der Waals surface area contributed by atoms with Gasteiger partial charge in [0.15, 0.2) is 0 Å². The Hall–Kier alpha value is -4.07. The maximum atomic E-state index is 5.50. The van der Waals surface area contributed by atoms with Gasteiger partial charge in [-0.25, -0.2) is 4.98 Å². The third-order valence-electron chi connectivity index (χ3n) is 6.74. The monoisotopic (exact) mass is 490 g/mol. The van der Waals surface area contributed by atoms with E-state index < -0.39 is 0 Å². The van der Waals surface area contributed by atoms with Crippen molar-refractivity contribution in [3.63, 3.8) is 0 Å². The van der Waals surface area contributed by atoms with Gasteiger partial charge in [0, 0.05) is 44.3 Å². The molecule has 1 aromatic heterocycles. The van der Waals surface area contributed by atoms with Crippen LogP contribution in [0, 0.1) is 0 Å². The number of nitrogens with zero attached hydrogens (tertiary/aromatic N) is 5. The molecule has 0 bridgehead atoms. The number of aromatic nitrogens is 3. The van der Waals surface area contributed by atoms with Gasteiger partial charge in [-0.2, -0.15) is 0 Å². The molecule has 1 N–H and O–H groups in total. The highest BCUT2D eigenvalue weighted by molar-refractivity contribution is 5.83. The Morgan fingerprint density at radius 2 is 1.76 bits per heavy atom. The minimum Gasteiger partial charge on any atom is -0.380 e. The molecule has 0 unspecified atom stereocenters. The summed E-state index contributed by atoms with van der Waals surface area (Å²) in [6.45, 7) is 5.82. The molecule has 0 saturated carbocycles. The van der Waals surface area contributed by atoms with Crippen molar-refractivity contribution in [1.29, 1.82) is 0 Å². The van der Waals surface area contributed by atoms with Crippen LogP contribution in [-0.4, -0.2) is 58.8 Å². The van der Waals surface area contributed by atoms with E-state index in [9.17, 15) is 0 Å². The van der Waals surface area contributed by atoms with Crippen molar-refractivity contribution in [2.45, 2.75) is 6.54 Å². The lowest BCUT2D eigenvalue weighted by molar-refractivity contribution is 0.0394. The van der Waals surface area contributed by atoms with Crippen LogP contribution < -0.4 is 10.7 Å². The summed E-state index contributed by atoms with van der Waals surface area (Å²) in [6.07, 6.45) is 3.62. The largest absolute Gasteiger partial charge is 0.380 e. The quantitative estimate of drug-likeness (QED) is 0.343. The number of morpholine rings is 1. The summed E-state index contributed by atoms with van der Waals surface area (Å²) in [5, 5.41) is 4.49. The number of fused-ring (bicyclic) bond motifs is 2. The summed E-state index contributed by atoms with van der Waals surface area (Å²) < 4.78 is 7.79. The van der Waals surface area contributed by atoms with Gasteiger partial charge in [0.1, 0.15) is 0 Å². The zero-order valence-corrected chi connectivity index (χ0v) is 20.8. The second kappa shape index (κ2) is 10.9. The maximum Gasteiger partial charge on any atom is 0.0883 e. The van der Waals surface area contributed by atoms with Crippen molar-refractivity contribution >= 4 is 16.7 Å². The lowest BCUT2D eigenvalue weighted by Crippen LogP contribution is -2.38. The van der Waals surface area contributed by atoms with E-state index in [4.69, 9.17) is 14.7 Å². The van der Waals surface area contributed by atoms with Gasteiger partial charge in [-0.05, 0) is 54.1 Å². The number of ether oxygens (including phenoxy) is 1. The zero-order chi connectivity index (χ0) is 24.9. The number of para-hydroxylation sites is 3. The lowest BCUT2D eigenvalue weighted by Gasteiger charge is -2.25. The van der Waals surface area contributed by atoms with Crippen molar-refractivity contribution in [3.05, 3.63) is 102 Å². The zero-order valence-electron chi connectivity index (χ0n) is 20.8. The van der Waals surface area contributed by atoms with Crippen LogP contribution in [0.3, 0.4) is 0 Å². The fraction of sp³-hybridized carbons (Fsp3) is 0.233. The van der Waals surface area contributed by atoms with Crippen molar-refractivity contribution < 1.29 is 4.74 Å². The molecule has 6 rings (SSSR count). The lowest BCUT2D eigenvalue weighted by atomic mass is 10.1. The smallest absolute Gasteiger partial charge is 0.0883 e. The van der Waals surface area contributed by atoms with Crippen LogP contribution in [0.1, 0.15) is 5.56 Å². The molecule has 37 heavy (non-hydrogen) atoms. The number of hydrogen-bond acceptors (Lipinski definition) is 6. The average Bonchev–Trinajstić information content (AvgIpc) is 2.96. The SMILES string of the molecule is c1ccc(-n2c3cc(=NCCN4CCOCC4)c(CNc4cccnc4)cc-3nc3ccccc32)cc1. The van der Waals surface area contributed by atoms with Crippen molar-refractivity contribution in [3.8, 4) is 17.1 Å². The summed E-state index contributed by atoms with van der Waals surface area (Å²) in [6, 6.07) is 27.1. The number of nitrogens with one attached hydrogen (secondary N) is 1. The van der Waals surface area contributed by atoms with Gasteiger partial charge in [0.2, 0.25) is 0 Å². The molecular weight excluding hydrogens is 460 g/mol. The summed E-state index contributed by atoms with van der Waals surface area (Å²) >= 11 is 0. The van der Waals surface area contributed by atoms with E-state index in [1.165, 1.54) is 0 Å². The van der Waals surface area contributed by atoms with Crippen molar-refractivity contribution in [1.82, 2.24) is 19.4 Å². The molecule has 0 radical (unpaired) electrons. The molecule has 1 aliphatic carbocycles. The van der Waals surface area contributed by atoms with Gasteiger partial charge in [-0.1, -0.05) is 30.3 Å². The summed E-state index contributed by atoms with van der Waals surface area (Å²) in [5.74, 6) is 0. The minimum absolute atomic E-state index is 0.637. The second-order valence-electron chi connectivity index (χ2n) is 9.17. The van der Waals surface area contributed by atoms with Gasteiger partial charge >= 0.3 is 0 Å². The maximum absolute atomic E-state index is 5.50. The van der Waals surface area contributed by atoms with Gasteiger partial charge in [0.05, 0.1) is 53.2 Å². The Bertz CT molecular complexity index is 1510. The molecule has 7 heteroatoms. The molecular formula is C30H30N6O. The van der Waals surface area contributed by atoms with Crippen LogP contribution >= 0.6 is 0 Å². The third-order valence-corrected chi connectivity index (χ3v) is 6.74. The van der Waals surface area contributed by atoms with Gasteiger partial charge in [-0.3, -0.25) is 14.9 Å². The van der Waals surface area contributed by atoms with Crippen LogP contribution in [0.15, 0.2) is 96.2 Å². The van der Waals surface area contributed by atoms with Crippen LogP contribution in [-0.2, 0) is 11.3 Å². The predicted octanol–water partition coefficient (Wildman–Crippen LogP) is 4.37. The standard InChI is InChI=1S/C30H30N6O/c1-2-8-25(9-3-1)36-29-11-5-4-10-26(29)34-28-19-23(21-33-24-7-6-12-31-22-24)27(20-30(28)36)32-13-14-35-15-17-37-18-16-35/h1-12,19-20,22,33H,13-18,21H2. The van der Waals surface area contributed by atoms with E-state index >= 15 is 0 Å². The fourth-order valence-electron chi connectivity index (χ4n) is 4.83. The molecule has 7 nitrogen and oxygen atoms in total. The topological polar surface area (TPSA) is 67.6 Å². The predicted molar refractivity (Wildman–Crippen MR) is 147 cm³/mol. The number of hydrogen-bond donors (Lipinski definition) is 1. The van der Waals surface area contributed by atoms with Crippen LogP contribution in [0.5, 0.6) is 0 Å². The highest BCUT2D eigenvalue weighted by atomic mass is 16.5. The number of benzene rings is 3. The summed E-state index contributed by atoms with van der Waals surface area (Å²) in [7, 11) is 0. The Balaban J connectivity index is 1.46. The average molecular weight is 491 g/mol. The second-order valence-corrected chi connectivity index (χ2v) is 9.17. The van der Waals surface area contributed by atoms with E-state index in [-0.39, 0.29) is 0 Å². The number of pyridine rings is 1. The highest BCUT2D eigenvalue weighted by Gasteiger charge is 2.16. The molecule has 0 spiro atoms. The van der Waals surface area contributed by atoms with E-state index in [1.807, 2.05) is 30.5 Å². The van der Waals surface area contributed by atoms with Crippen LogP contribution in [0.2, 0.25) is 0 Å². The Kier molecular flexibility index (Phi) is 6.88. The molecule has 0 amide bonds. The van der Waals surface area contributed by atoms with Crippen LogP contribution in [0.4, 0.5) is 5.69 Å². The first-order valence-electron chi connectivity index (χ1n) is 12.8. The van der Waals surface area contributed by atoms with E-state index in [1.54, 1.807) is 6.20 Å². The van der Waals surface area contributed by atoms with E-state index in [0.717, 1.165) is 84.1 Å². The third kappa shape index (κ3) is 5.23. The molecule has 2 aromatic carbocycles. The number of rotatable bonds is 7. The van der Waals surface area contributed by atoms with Gasteiger partial charge in [-0.15, -0.1) is 0 Å². The first kappa shape index (κ1) is 23.3. The first-order chi connectivity index (χ1) is 18.3. The van der Waals surface area contributed by atoms with Gasteiger partial charge in [0.25, 0.3) is 0 Å². The molecule has 1 saturated heterocycles. The molecule has 0 atom stereocenters. The molecule has 2 aliphatic heterocycles. The summed E-state index contributed by atoms with van der Waals surface area (Å²) in [5.41, 5.74) is 7.21. The molecule has 186 valence electrons. The summed E-state index contributed by atoms with van der Waals surface area (Å²) in [4.78, 5) is 16.8. The fourth-order valence-corrected chi connectivity index (χ4v) is 4.83. The Morgan fingerprint density at radius 3 is 2.59 bits per heavy atom. The van der Waals surface area contributed by atoms with Crippen LogP contribution in [0.25, 0.3) is 28.1 Å². The normalized spacial score (nSPS) is 14.9. The van der Waals surface area contributed by atoms with E-state index in [2.05, 4.69) is 74.4 Å². The van der Waals surface area contributed by atoms with Crippen molar-refractivity contribution in [2.75, 3.05) is 44.7 Å². The molecule has 1 fully saturated rings. The molecule has 3 aromatic rings. The first-order valence-corrected chi connectivity index (χ1v) is 12.8. The van der Waals surface area contributed by atoms with E-state index in [0.29, 0.717) is 6.54 Å². The molecule has 3 aliphatic rings.